The minimum Gasteiger partial charge on any atom is -0.333 e. The number of nitrogens with zero attached hydrogens (tertiary/aromatic N) is 5. The second-order valence-electron chi connectivity index (χ2n) is 8.50. The second-order valence-corrected chi connectivity index (χ2v) is 13.8. The van der Waals surface area contributed by atoms with Gasteiger partial charge >= 0.3 is 0 Å². The summed E-state index contributed by atoms with van der Waals surface area (Å²) in [5.41, 5.74) is 0. The number of rotatable bonds is 19. The second kappa shape index (κ2) is 19.7. The molecular formula is C22H42N5O4P3. The molecule has 0 heterocycles. The molecule has 0 rings (SSSR count). The molecule has 1 atom stereocenters. The molecule has 0 N–H and O–H groups in total. The minimum atomic E-state index is -1.45. The highest BCUT2D eigenvalue weighted by Crippen LogP contribution is 2.64. The first-order chi connectivity index (χ1) is 16.1. The van der Waals surface area contributed by atoms with Crippen LogP contribution in [0.4, 0.5) is 0 Å². The number of hydrogen-bond acceptors (Lipinski definition) is 9. The van der Waals surface area contributed by atoms with Gasteiger partial charge in [0.2, 0.25) is 0 Å². The summed E-state index contributed by atoms with van der Waals surface area (Å²) in [4.78, 5) is 0. The molecule has 0 aliphatic carbocycles. The zero-order valence-corrected chi connectivity index (χ0v) is 24.7. The Bertz CT molecular complexity index is 608. The molecule has 0 saturated heterocycles. The van der Waals surface area contributed by atoms with Crippen LogP contribution in [-0.4, -0.2) is 59.2 Å². The molecule has 34 heavy (non-hydrogen) atoms. The predicted octanol–water partition coefficient (Wildman–Crippen LogP) is 6.84. The Labute approximate surface area is 211 Å². The van der Waals surface area contributed by atoms with Crippen LogP contribution >= 0.6 is 25.2 Å². The van der Waals surface area contributed by atoms with Crippen molar-refractivity contribution in [2.45, 2.75) is 98.8 Å². The summed E-state index contributed by atoms with van der Waals surface area (Å²) in [7, 11) is -4.04. The summed E-state index contributed by atoms with van der Waals surface area (Å²) in [5, 5.41) is 26.8. The van der Waals surface area contributed by atoms with Crippen molar-refractivity contribution < 1.29 is 17.9 Å². The van der Waals surface area contributed by atoms with Crippen LogP contribution in [0.5, 0.6) is 0 Å². The van der Waals surface area contributed by atoms with Crippen molar-refractivity contribution in [2.24, 2.45) is 0 Å². The predicted molar refractivity (Wildman–Crippen MR) is 139 cm³/mol. The Morgan fingerprint density at radius 1 is 0.588 bits per heavy atom. The topological polar surface area (TPSA) is 115 Å². The smallest absolute Gasteiger partial charge is 0.194 e. The van der Waals surface area contributed by atoms with Crippen LogP contribution in [0, 0.1) is 34.0 Å². The van der Waals surface area contributed by atoms with Gasteiger partial charge in [-0.3, -0.25) is 4.31 Å². The molecule has 0 aromatic heterocycles. The normalized spacial score (nSPS) is 13.0. The zero-order chi connectivity index (χ0) is 26.1. The number of nitriles is 3. The number of hydrogen-bond donors (Lipinski definition) is 0. The maximum atomic E-state index is 9.01. The van der Waals surface area contributed by atoms with E-state index in [2.05, 4.69) is 82.9 Å². The van der Waals surface area contributed by atoms with Crippen molar-refractivity contribution >= 4 is 25.2 Å². The molecule has 0 aromatic rings. The molecular weight excluding hydrogens is 491 g/mol. The first kappa shape index (κ1) is 33.5. The Kier molecular flexibility index (Phi) is 19.4. The highest BCUT2D eigenvalue weighted by atomic mass is 31.2. The van der Waals surface area contributed by atoms with Gasteiger partial charge in [0.1, 0.15) is 0 Å². The molecule has 0 spiro atoms. The van der Waals surface area contributed by atoms with E-state index >= 15 is 0 Å². The van der Waals surface area contributed by atoms with Crippen molar-refractivity contribution in [3.63, 3.8) is 0 Å². The van der Waals surface area contributed by atoms with E-state index in [1.54, 1.807) is 0 Å². The van der Waals surface area contributed by atoms with Gasteiger partial charge in [0.25, 0.3) is 0 Å². The van der Waals surface area contributed by atoms with Gasteiger partial charge in [-0.2, -0.15) is 15.8 Å². The molecule has 1 unspecified atom stereocenters. The molecule has 0 radical (unpaired) electrons. The SMILES string of the molecule is CC(C)N(C(C)C)P(OP(CP(OCCC#N)OCCC#N)OCCC#N)N(C(C)C)C(C)C. The largest absolute Gasteiger partial charge is 0.333 e. The lowest BCUT2D eigenvalue weighted by Gasteiger charge is -2.46. The maximum absolute atomic E-state index is 9.01. The van der Waals surface area contributed by atoms with Crippen LogP contribution in [0.3, 0.4) is 0 Å². The van der Waals surface area contributed by atoms with Crippen LogP contribution < -0.4 is 0 Å². The first-order valence-corrected chi connectivity index (χ1v) is 15.6. The van der Waals surface area contributed by atoms with Crippen molar-refractivity contribution in [3.05, 3.63) is 0 Å². The molecule has 0 aromatic carbocycles. The molecule has 9 nitrogen and oxygen atoms in total. The average Bonchev–Trinajstić information content (AvgIpc) is 2.72. The van der Waals surface area contributed by atoms with E-state index in [4.69, 9.17) is 33.7 Å². The Morgan fingerprint density at radius 2 is 0.912 bits per heavy atom. The minimum absolute atomic E-state index is 0.249. The zero-order valence-electron chi connectivity index (χ0n) is 22.0. The molecule has 0 aliphatic heterocycles. The third-order valence-electron chi connectivity index (χ3n) is 4.25. The summed E-state index contributed by atoms with van der Waals surface area (Å²) in [5.74, 6) is 0.389. The molecule has 0 aliphatic rings. The van der Waals surface area contributed by atoms with E-state index < -0.39 is 25.2 Å². The average molecular weight is 534 g/mol. The fourth-order valence-electron chi connectivity index (χ4n) is 3.15. The van der Waals surface area contributed by atoms with Gasteiger partial charge in [0, 0.05) is 24.2 Å². The van der Waals surface area contributed by atoms with E-state index in [1.165, 1.54) is 0 Å². The van der Waals surface area contributed by atoms with Gasteiger partial charge in [0.05, 0.1) is 63.2 Å². The Morgan fingerprint density at radius 3 is 1.21 bits per heavy atom. The molecule has 0 fully saturated rings. The van der Waals surface area contributed by atoms with Gasteiger partial charge in [-0.25, -0.2) is 9.34 Å². The molecule has 0 amide bonds. The third kappa shape index (κ3) is 13.6. The summed E-state index contributed by atoms with van der Waals surface area (Å²) in [6.07, 6.45) is 0.771. The Hall–Kier alpha value is -0.480. The summed E-state index contributed by atoms with van der Waals surface area (Å²) < 4.78 is 29.3. The van der Waals surface area contributed by atoms with E-state index in [0.29, 0.717) is 5.90 Å². The third-order valence-corrected chi connectivity index (χ3v) is 11.5. The lowest BCUT2D eigenvalue weighted by atomic mass is 10.3. The Balaban J connectivity index is 5.96. The van der Waals surface area contributed by atoms with Gasteiger partial charge in [-0.1, -0.05) is 0 Å². The van der Waals surface area contributed by atoms with Crippen LogP contribution in [0.2, 0.25) is 0 Å². The highest BCUT2D eigenvalue weighted by molar-refractivity contribution is 7.69. The molecule has 0 saturated carbocycles. The fraction of sp³-hybridized carbons (Fsp3) is 0.864. The standard InChI is InChI=1S/C22H42N5O4P3/c1-19(2)26(20(3)4)34(27(21(5)6)22(7)8)31-33(30-17-11-14-25)18-32(28-15-9-12-23)29-16-10-13-24/h19-22H,9-11,15-18H2,1-8H3. The van der Waals surface area contributed by atoms with Crippen LogP contribution in [0.1, 0.15) is 74.7 Å². The van der Waals surface area contributed by atoms with Gasteiger partial charge in [-0.15, -0.1) is 0 Å². The quantitative estimate of drug-likeness (QED) is 0.130. The lowest BCUT2D eigenvalue weighted by Crippen LogP contribution is -2.43. The van der Waals surface area contributed by atoms with Gasteiger partial charge in [-0.05, 0) is 55.4 Å². The van der Waals surface area contributed by atoms with Gasteiger partial charge < -0.3 is 13.6 Å². The van der Waals surface area contributed by atoms with Crippen molar-refractivity contribution in [2.75, 3.05) is 25.7 Å². The van der Waals surface area contributed by atoms with Crippen molar-refractivity contribution in [3.8, 4) is 18.2 Å². The van der Waals surface area contributed by atoms with Crippen molar-refractivity contribution in [1.82, 2.24) is 9.34 Å². The van der Waals surface area contributed by atoms with E-state index in [1.807, 2.05) is 0 Å². The van der Waals surface area contributed by atoms with Crippen LogP contribution in [0.25, 0.3) is 0 Å². The summed E-state index contributed by atoms with van der Waals surface area (Å²) in [6.45, 7) is 18.1. The lowest BCUT2D eigenvalue weighted by molar-refractivity contribution is 0.219. The van der Waals surface area contributed by atoms with E-state index in [9.17, 15) is 0 Å². The van der Waals surface area contributed by atoms with Crippen molar-refractivity contribution in [1.29, 1.82) is 15.8 Å². The summed E-state index contributed by atoms with van der Waals surface area (Å²) >= 11 is 0. The van der Waals surface area contributed by atoms with Crippen LogP contribution in [0.15, 0.2) is 0 Å². The first-order valence-electron chi connectivity index (χ1n) is 11.7. The van der Waals surface area contributed by atoms with Crippen LogP contribution in [-0.2, 0) is 17.9 Å². The van der Waals surface area contributed by atoms with E-state index in [0.717, 1.165) is 0 Å². The monoisotopic (exact) mass is 533 g/mol. The van der Waals surface area contributed by atoms with E-state index in [-0.39, 0.29) is 63.3 Å². The molecule has 12 heteroatoms. The molecule has 194 valence electrons. The maximum Gasteiger partial charge on any atom is 0.194 e. The van der Waals surface area contributed by atoms with Gasteiger partial charge in [0.15, 0.2) is 25.2 Å². The molecule has 0 bridgehead atoms. The summed E-state index contributed by atoms with van der Waals surface area (Å²) in [6, 6.07) is 7.27. The highest BCUT2D eigenvalue weighted by Gasteiger charge is 2.37. The fourth-order valence-corrected chi connectivity index (χ4v) is 9.85.